The SMILES string of the molecule is C=C1CC[C@@H]2[C@](C)(CCC[C@]2(C)C(=O)OC)[C@H]1CCc1ccoc1C[NH2+]C1CCCCC1. The molecule has 3 fully saturated rings. The molecule has 1 heterocycles. The third-order valence-corrected chi connectivity index (χ3v) is 9.50. The first-order valence-electron chi connectivity index (χ1n) is 13.0. The first kappa shape index (κ1) is 23.6. The highest BCUT2D eigenvalue weighted by molar-refractivity contribution is 5.77. The van der Waals surface area contributed by atoms with Gasteiger partial charge in [-0.1, -0.05) is 31.9 Å². The monoisotopic (exact) mass is 442 g/mol. The molecule has 3 aliphatic carbocycles. The molecular formula is C28H44NO3+. The molecule has 0 aromatic carbocycles. The molecule has 4 atom stereocenters. The van der Waals surface area contributed by atoms with Crippen LogP contribution >= 0.6 is 0 Å². The number of aryl methyl sites for hydroxylation is 1. The fourth-order valence-corrected chi connectivity index (χ4v) is 7.67. The van der Waals surface area contributed by atoms with E-state index in [2.05, 4.69) is 31.8 Å². The van der Waals surface area contributed by atoms with E-state index in [9.17, 15) is 4.79 Å². The van der Waals surface area contributed by atoms with E-state index in [1.54, 1.807) is 7.11 Å². The summed E-state index contributed by atoms with van der Waals surface area (Å²) in [4.78, 5) is 12.8. The number of methoxy groups -OCH3 is 1. The lowest BCUT2D eigenvalue weighted by Gasteiger charge is -2.57. The predicted molar refractivity (Wildman–Crippen MR) is 127 cm³/mol. The van der Waals surface area contributed by atoms with E-state index in [4.69, 9.17) is 9.15 Å². The van der Waals surface area contributed by atoms with Crippen molar-refractivity contribution in [3.05, 3.63) is 35.8 Å². The van der Waals surface area contributed by atoms with E-state index < -0.39 is 0 Å². The van der Waals surface area contributed by atoms with Gasteiger partial charge in [-0.25, -0.2) is 0 Å². The Kier molecular flexibility index (Phi) is 7.19. The zero-order valence-electron chi connectivity index (χ0n) is 20.6. The first-order valence-corrected chi connectivity index (χ1v) is 13.0. The van der Waals surface area contributed by atoms with Gasteiger partial charge in [0.15, 0.2) is 5.76 Å². The zero-order valence-corrected chi connectivity index (χ0v) is 20.6. The van der Waals surface area contributed by atoms with E-state index in [1.165, 1.54) is 49.7 Å². The smallest absolute Gasteiger partial charge is 0.311 e. The lowest BCUT2D eigenvalue weighted by Crippen LogP contribution is -2.88. The molecule has 2 N–H and O–H groups in total. The largest absolute Gasteiger partial charge is 0.469 e. The number of hydrogen-bond donors (Lipinski definition) is 1. The average molecular weight is 443 g/mol. The summed E-state index contributed by atoms with van der Waals surface area (Å²) >= 11 is 0. The number of furan rings is 1. The minimum atomic E-state index is -0.365. The highest BCUT2D eigenvalue weighted by Gasteiger charge is 2.57. The number of quaternary nitrogens is 1. The van der Waals surface area contributed by atoms with Crippen LogP contribution in [0.3, 0.4) is 0 Å². The third kappa shape index (κ3) is 4.44. The molecule has 0 saturated heterocycles. The Morgan fingerprint density at radius 3 is 2.72 bits per heavy atom. The molecule has 1 aromatic rings. The zero-order chi connectivity index (χ0) is 22.8. The van der Waals surface area contributed by atoms with Gasteiger partial charge in [0.25, 0.3) is 0 Å². The molecule has 4 rings (SSSR count). The summed E-state index contributed by atoms with van der Waals surface area (Å²) in [6.07, 6.45) is 16.2. The van der Waals surface area contributed by atoms with Crippen LogP contribution in [0.4, 0.5) is 0 Å². The van der Waals surface area contributed by atoms with Crippen molar-refractivity contribution >= 4 is 5.97 Å². The highest BCUT2D eigenvalue weighted by Crippen LogP contribution is 2.62. The molecule has 0 spiro atoms. The van der Waals surface area contributed by atoms with E-state index in [1.807, 2.05) is 6.26 Å². The van der Waals surface area contributed by atoms with Gasteiger partial charge in [0, 0.05) is 0 Å². The van der Waals surface area contributed by atoms with Crippen molar-refractivity contribution in [2.24, 2.45) is 22.7 Å². The molecule has 0 aliphatic heterocycles. The molecule has 3 aliphatic rings. The number of rotatable bonds is 7. The number of carbonyl (C=O) groups excluding carboxylic acids is 1. The van der Waals surface area contributed by atoms with Gasteiger partial charge in [-0.2, -0.15) is 0 Å². The molecule has 0 unspecified atom stereocenters. The molecule has 3 saturated carbocycles. The lowest BCUT2D eigenvalue weighted by atomic mass is 9.46. The highest BCUT2D eigenvalue weighted by atomic mass is 16.5. The van der Waals surface area contributed by atoms with Gasteiger partial charge in [0.1, 0.15) is 6.54 Å². The van der Waals surface area contributed by atoms with Crippen LogP contribution in [0.5, 0.6) is 0 Å². The van der Waals surface area contributed by atoms with Crippen LogP contribution in [0.15, 0.2) is 28.9 Å². The number of esters is 1. The van der Waals surface area contributed by atoms with Crippen molar-refractivity contribution in [3.63, 3.8) is 0 Å². The second-order valence-electron chi connectivity index (χ2n) is 11.3. The van der Waals surface area contributed by atoms with Crippen LogP contribution in [0.2, 0.25) is 0 Å². The van der Waals surface area contributed by atoms with Gasteiger partial charge in [0.05, 0.1) is 24.8 Å². The molecule has 0 radical (unpaired) electrons. The molecule has 1 aromatic heterocycles. The van der Waals surface area contributed by atoms with E-state index >= 15 is 0 Å². The summed E-state index contributed by atoms with van der Waals surface area (Å²) < 4.78 is 11.2. The molecule has 0 bridgehead atoms. The maximum Gasteiger partial charge on any atom is 0.311 e. The minimum Gasteiger partial charge on any atom is -0.469 e. The quantitative estimate of drug-likeness (QED) is 0.444. The van der Waals surface area contributed by atoms with Crippen molar-refractivity contribution in [1.82, 2.24) is 0 Å². The molecule has 0 amide bonds. The normalized spacial score (nSPS) is 33.7. The summed E-state index contributed by atoms with van der Waals surface area (Å²) in [6.45, 7) is 10.1. The fourth-order valence-electron chi connectivity index (χ4n) is 7.67. The van der Waals surface area contributed by atoms with Crippen molar-refractivity contribution in [1.29, 1.82) is 0 Å². The number of fused-ring (bicyclic) bond motifs is 1. The van der Waals surface area contributed by atoms with Crippen molar-refractivity contribution in [3.8, 4) is 0 Å². The number of nitrogens with two attached hydrogens (primary N) is 1. The van der Waals surface area contributed by atoms with Gasteiger partial charge in [0.2, 0.25) is 0 Å². The first-order chi connectivity index (χ1) is 15.4. The van der Waals surface area contributed by atoms with Gasteiger partial charge < -0.3 is 14.5 Å². The van der Waals surface area contributed by atoms with Crippen LogP contribution in [0.25, 0.3) is 0 Å². The number of allylic oxidation sites excluding steroid dienone is 1. The standard InChI is InChI=1S/C28H43NO3/c1-20-11-14-25-27(2,16-8-17-28(25,3)26(30)31-4)23(20)13-12-21-15-18-32-24(21)19-29-22-9-6-5-7-10-22/h15,18,22-23,25,29H,1,5-14,16-17,19H2,2-4H3/p+1/t23-,25+,27+,28-/m0/s1. The minimum absolute atomic E-state index is 0.0185. The van der Waals surface area contributed by atoms with E-state index in [0.29, 0.717) is 11.8 Å². The van der Waals surface area contributed by atoms with Crippen LogP contribution in [0.1, 0.15) is 95.8 Å². The molecule has 178 valence electrons. The number of hydrogen-bond acceptors (Lipinski definition) is 3. The summed E-state index contributed by atoms with van der Waals surface area (Å²) in [5, 5.41) is 2.50. The van der Waals surface area contributed by atoms with Crippen molar-refractivity contribution in [2.75, 3.05) is 7.11 Å². The van der Waals surface area contributed by atoms with Crippen LogP contribution in [0, 0.1) is 22.7 Å². The van der Waals surface area contributed by atoms with Crippen LogP contribution in [-0.4, -0.2) is 19.1 Å². The molecule has 32 heavy (non-hydrogen) atoms. The molecule has 4 heteroatoms. The lowest BCUT2D eigenvalue weighted by molar-refractivity contribution is -0.708. The summed E-state index contributed by atoms with van der Waals surface area (Å²) in [7, 11) is 1.55. The summed E-state index contributed by atoms with van der Waals surface area (Å²) in [6, 6.07) is 2.94. The van der Waals surface area contributed by atoms with Crippen LogP contribution in [-0.2, 0) is 22.5 Å². The topological polar surface area (TPSA) is 56.0 Å². The molecular weight excluding hydrogens is 398 g/mol. The maximum absolute atomic E-state index is 12.8. The van der Waals surface area contributed by atoms with Crippen molar-refractivity contribution in [2.45, 2.75) is 103 Å². The van der Waals surface area contributed by atoms with Gasteiger partial charge in [-0.15, -0.1) is 0 Å². The second-order valence-corrected chi connectivity index (χ2v) is 11.3. The van der Waals surface area contributed by atoms with E-state index in [0.717, 1.165) is 56.9 Å². The molecule has 4 nitrogen and oxygen atoms in total. The Bertz CT molecular complexity index is 807. The summed E-state index contributed by atoms with van der Waals surface area (Å²) in [5.74, 6) is 1.96. The Morgan fingerprint density at radius 1 is 1.19 bits per heavy atom. The number of ether oxygens (including phenoxy) is 1. The van der Waals surface area contributed by atoms with Gasteiger partial charge >= 0.3 is 5.97 Å². The Labute approximate surface area is 194 Å². The van der Waals surface area contributed by atoms with E-state index in [-0.39, 0.29) is 16.8 Å². The Morgan fingerprint density at radius 2 is 1.97 bits per heavy atom. The average Bonchev–Trinajstić information content (AvgIpc) is 3.24. The third-order valence-electron chi connectivity index (χ3n) is 9.50. The van der Waals surface area contributed by atoms with Crippen LogP contribution < -0.4 is 5.32 Å². The Hall–Kier alpha value is -1.55. The summed E-state index contributed by atoms with van der Waals surface area (Å²) in [5.41, 5.74) is 2.50. The second kappa shape index (κ2) is 9.75. The van der Waals surface area contributed by atoms with Gasteiger partial charge in [-0.3, -0.25) is 4.79 Å². The van der Waals surface area contributed by atoms with Crippen molar-refractivity contribution < 1.29 is 19.3 Å². The number of carbonyl (C=O) groups is 1. The fraction of sp³-hybridized carbons (Fsp3) is 0.750. The maximum atomic E-state index is 12.8. The Balaban J connectivity index is 1.44. The van der Waals surface area contributed by atoms with Gasteiger partial charge in [-0.05, 0) is 100 Å². The predicted octanol–water partition coefficient (Wildman–Crippen LogP) is 5.56.